The van der Waals surface area contributed by atoms with Crippen LogP contribution < -0.4 is 0 Å². The van der Waals surface area contributed by atoms with E-state index in [-0.39, 0.29) is 0 Å². The number of likely N-dealkylation sites (N-methyl/N-ethyl adjacent to an activating group) is 1. The van der Waals surface area contributed by atoms with Crippen LogP contribution in [-0.2, 0) is 13.0 Å². The Bertz CT molecular complexity index is 927. The van der Waals surface area contributed by atoms with Gasteiger partial charge >= 0.3 is 0 Å². The molecule has 2 aromatic rings. The second kappa shape index (κ2) is 6.86. The van der Waals surface area contributed by atoms with Crippen molar-refractivity contribution in [2.75, 3.05) is 18.6 Å². The second-order valence-electron chi connectivity index (χ2n) is 8.66. The molecule has 3 aliphatic rings. The molecule has 2 atom stereocenters. The van der Waals surface area contributed by atoms with E-state index in [0.29, 0.717) is 6.04 Å². The summed E-state index contributed by atoms with van der Waals surface area (Å²) in [5, 5.41) is 1.49. The molecule has 0 saturated carbocycles. The molecule has 0 aliphatic carbocycles. The van der Waals surface area contributed by atoms with Crippen molar-refractivity contribution in [2.24, 2.45) is 0 Å². The number of hydrogen-bond donors (Lipinski definition) is 0. The Labute approximate surface area is 167 Å². The Morgan fingerprint density at radius 2 is 2.07 bits per heavy atom. The van der Waals surface area contributed by atoms with E-state index in [9.17, 15) is 0 Å². The van der Waals surface area contributed by atoms with Crippen molar-refractivity contribution in [1.82, 2.24) is 9.47 Å². The average molecular weight is 379 g/mol. The molecule has 0 amide bonds. The number of nitrogens with zero attached hydrogens (tertiary/aromatic N) is 2. The van der Waals surface area contributed by atoms with E-state index in [2.05, 4.69) is 66.1 Å². The predicted molar refractivity (Wildman–Crippen MR) is 118 cm³/mol. The summed E-state index contributed by atoms with van der Waals surface area (Å²) in [6.07, 6.45) is 8.72. The Balaban J connectivity index is 1.57. The summed E-state index contributed by atoms with van der Waals surface area (Å²) in [6.45, 7) is 7.61. The van der Waals surface area contributed by atoms with Crippen LogP contribution in [0.4, 0.5) is 0 Å². The Kier molecular flexibility index (Phi) is 4.48. The van der Waals surface area contributed by atoms with Gasteiger partial charge in [0.05, 0.1) is 6.04 Å². The lowest BCUT2D eigenvalue weighted by molar-refractivity contribution is 0.217. The maximum absolute atomic E-state index is 4.46. The Morgan fingerprint density at radius 1 is 1.26 bits per heavy atom. The van der Waals surface area contributed by atoms with Crippen molar-refractivity contribution in [3.63, 3.8) is 0 Å². The smallest absolute Gasteiger partial charge is 0.0504 e. The Hall–Kier alpha value is -1.45. The average Bonchev–Trinajstić information content (AvgIpc) is 3.06. The topological polar surface area (TPSA) is 8.17 Å². The lowest BCUT2D eigenvalue weighted by Crippen LogP contribution is -2.34. The SMILES string of the molecule is C=C(C=C1CCSCC1)Cn1c2c(c3cc(C)ccc31)CC1CCC2N1C. The number of thioether (sulfide) groups is 1. The van der Waals surface area contributed by atoms with Crippen molar-refractivity contribution in [2.45, 2.75) is 57.7 Å². The van der Waals surface area contributed by atoms with E-state index < -0.39 is 0 Å². The maximum atomic E-state index is 4.46. The van der Waals surface area contributed by atoms with Crippen LogP contribution in [0.15, 0.2) is 42.0 Å². The standard InChI is InChI=1S/C24H30N2S/c1-16-4-6-22-20(13-16)21-14-19-5-7-23(25(19)3)24(21)26(22)15-17(2)12-18-8-10-27-11-9-18/h4,6,12-13,19,23H,2,5,7-11,14-15H2,1,3H3. The minimum Gasteiger partial charge on any atom is -0.338 e. The Morgan fingerprint density at radius 3 is 2.89 bits per heavy atom. The third kappa shape index (κ3) is 3.00. The number of rotatable bonds is 3. The van der Waals surface area contributed by atoms with Crippen molar-refractivity contribution >= 4 is 22.7 Å². The molecule has 1 aromatic heterocycles. The van der Waals surface area contributed by atoms with Crippen molar-refractivity contribution in [3.05, 3.63) is 58.8 Å². The molecule has 0 spiro atoms. The number of fused-ring (bicyclic) bond motifs is 6. The van der Waals surface area contributed by atoms with Gasteiger partial charge in [-0.25, -0.2) is 0 Å². The van der Waals surface area contributed by atoms with Gasteiger partial charge < -0.3 is 4.57 Å². The molecule has 2 fully saturated rings. The highest BCUT2D eigenvalue weighted by molar-refractivity contribution is 7.99. The van der Waals surface area contributed by atoms with Crippen LogP contribution in [0.1, 0.15) is 48.5 Å². The van der Waals surface area contributed by atoms with Gasteiger partial charge in [-0.15, -0.1) is 0 Å². The summed E-state index contributed by atoms with van der Waals surface area (Å²) in [7, 11) is 2.33. The predicted octanol–water partition coefficient (Wildman–Crippen LogP) is 5.65. The van der Waals surface area contributed by atoms with Gasteiger partial charge in [0.1, 0.15) is 0 Å². The first-order valence-electron chi connectivity index (χ1n) is 10.4. The number of allylic oxidation sites excluding steroid dienone is 3. The van der Waals surface area contributed by atoms with Crippen molar-refractivity contribution in [3.8, 4) is 0 Å². The number of aromatic nitrogens is 1. The zero-order chi connectivity index (χ0) is 18.5. The summed E-state index contributed by atoms with van der Waals surface area (Å²) in [5.41, 5.74) is 8.83. The molecule has 0 radical (unpaired) electrons. The van der Waals surface area contributed by atoms with Gasteiger partial charge in [-0.1, -0.05) is 29.9 Å². The minimum atomic E-state index is 0.581. The first kappa shape index (κ1) is 17.6. The van der Waals surface area contributed by atoms with E-state index in [0.717, 1.165) is 12.6 Å². The molecular weight excluding hydrogens is 348 g/mol. The second-order valence-corrected chi connectivity index (χ2v) is 9.89. The molecule has 3 heteroatoms. The van der Waals surface area contributed by atoms with E-state index in [1.165, 1.54) is 65.6 Å². The molecule has 0 N–H and O–H groups in total. The lowest BCUT2D eigenvalue weighted by Gasteiger charge is -2.33. The quantitative estimate of drug-likeness (QED) is 0.682. The number of aryl methyl sites for hydroxylation is 1. The lowest BCUT2D eigenvalue weighted by atomic mass is 9.97. The fourth-order valence-corrected chi connectivity index (χ4v) is 6.48. The summed E-state index contributed by atoms with van der Waals surface area (Å²) in [4.78, 5) is 2.63. The fourth-order valence-electron chi connectivity index (χ4n) is 5.46. The maximum Gasteiger partial charge on any atom is 0.0504 e. The molecule has 2 bridgehead atoms. The van der Waals surface area contributed by atoms with Gasteiger partial charge in [-0.05, 0) is 80.9 Å². The van der Waals surface area contributed by atoms with Crippen molar-refractivity contribution < 1.29 is 0 Å². The van der Waals surface area contributed by atoms with Crippen LogP contribution in [0.5, 0.6) is 0 Å². The molecule has 2 unspecified atom stereocenters. The number of hydrogen-bond acceptors (Lipinski definition) is 2. The highest BCUT2D eigenvalue weighted by Crippen LogP contribution is 2.46. The summed E-state index contributed by atoms with van der Waals surface area (Å²) in [6, 6.07) is 8.33. The van der Waals surface area contributed by atoms with Crippen molar-refractivity contribution in [1.29, 1.82) is 0 Å². The molecule has 4 heterocycles. The van der Waals surface area contributed by atoms with Crippen LogP contribution in [0.3, 0.4) is 0 Å². The monoisotopic (exact) mass is 378 g/mol. The van der Waals surface area contributed by atoms with Gasteiger partial charge in [0.2, 0.25) is 0 Å². The largest absolute Gasteiger partial charge is 0.338 e. The fraction of sp³-hybridized carbons (Fsp3) is 0.500. The number of benzene rings is 1. The summed E-state index contributed by atoms with van der Waals surface area (Å²) >= 11 is 2.08. The molecule has 27 heavy (non-hydrogen) atoms. The minimum absolute atomic E-state index is 0.581. The summed E-state index contributed by atoms with van der Waals surface area (Å²) in [5.74, 6) is 2.54. The molecule has 2 saturated heterocycles. The molecule has 3 aliphatic heterocycles. The zero-order valence-corrected chi connectivity index (χ0v) is 17.4. The van der Waals surface area contributed by atoms with Gasteiger partial charge in [-0.3, -0.25) is 4.90 Å². The van der Waals surface area contributed by atoms with E-state index in [4.69, 9.17) is 0 Å². The molecule has 142 valence electrons. The van der Waals surface area contributed by atoms with Crippen LogP contribution in [0.2, 0.25) is 0 Å². The van der Waals surface area contributed by atoms with E-state index in [1.807, 2.05) is 0 Å². The third-order valence-corrected chi connectivity index (χ3v) is 7.85. The van der Waals surface area contributed by atoms with Gasteiger partial charge in [-0.2, -0.15) is 11.8 Å². The van der Waals surface area contributed by atoms with Gasteiger partial charge in [0.15, 0.2) is 0 Å². The van der Waals surface area contributed by atoms with E-state index >= 15 is 0 Å². The van der Waals surface area contributed by atoms with Crippen LogP contribution >= 0.6 is 11.8 Å². The van der Waals surface area contributed by atoms with Gasteiger partial charge in [0, 0.05) is 29.2 Å². The zero-order valence-electron chi connectivity index (χ0n) is 16.6. The molecule has 5 rings (SSSR count). The third-order valence-electron chi connectivity index (χ3n) is 6.87. The highest BCUT2D eigenvalue weighted by Gasteiger charge is 2.40. The highest BCUT2D eigenvalue weighted by atomic mass is 32.2. The van der Waals surface area contributed by atoms with Gasteiger partial charge in [0.25, 0.3) is 0 Å². The first-order valence-corrected chi connectivity index (χ1v) is 11.6. The molecule has 1 aromatic carbocycles. The first-order chi connectivity index (χ1) is 13.1. The van der Waals surface area contributed by atoms with Crippen LogP contribution in [0.25, 0.3) is 10.9 Å². The van der Waals surface area contributed by atoms with Crippen LogP contribution in [-0.4, -0.2) is 34.1 Å². The summed E-state index contributed by atoms with van der Waals surface area (Å²) < 4.78 is 2.60. The van der Waals surface area contributed by atoms with Crippen LogP contribution in [0, 0.1) is 6.92 Å². The molecule has 2 nitrogen and oxygen atoms in total. The normalized spacial score (nSPS) is 25.0. The molecular formula is C24H30N2S. The van der Waals surface area contributed by atoms with E-state index in [1.54, 1.807) is 16.8 Å².